The molecule has 0 saturated carbocycles. The first kappa shape index (κ1) is 12.7. The molecule has 1 aromatic rings. The highest BCUT2D eigenvalue weighted by Gasteiger charge is 2.11. The minimum absolute atomic E-state index is 0.121. The zero-order valence-corrected chi connectivity index (χ0v) is 10.5. The lowest BCUT2D eigenvalue weighted by Crippen LogP contribution is -2.07. The molecule has 0 atom stereocenters. The quantitative estimate of drug-likeness (QED) is 0.718. The number of hydrogen-bond acceptors (Lipinski definition) is 3. The highest BCUT2D eigenvalue weighted by molar-refractivity contribution is 5.69. The van der Waals surface area contributed by atoms with Gasteiger partial charge in [0.25, 0.3) is 0 Å². The minimum Gasteiger partial charge on any atom is -0.466 e. The van der Waals surface area contributed by atoms with Gasteiger partial charge in [-0.05, 0) is 32.3 Å². The molecule has 1 rings (SSSR count). The van der Waals surface area contributed by atoms with Gasteiger partial charge in [-0.1, -0.05) is 6.92 Å². The van der Waals surface area contributed by atoms with Crippen molar-refractivity contribution in [2.75, 3.05) is 6.61 Å². The lowest BCUT2D eigenvalue weighted by atomic mass is 10.1. The second-order valence-corrected chi connectivity index (χ2v) is 3.99. The molecule has 1 heterocycles. The maximum absolute atomic E-state index is 11.4. The van der Waals surface area contributed by atoms with E-state index in [0.29, 0.717) is 19.4 Å². The van der Waals surface area contributed by atoms with Gasteiger partial charge in [0.15, 0.2) is 0 Å². The summed E-state index contributed by atoms with van der Waals surface area (Å²) >= 11 is 0. The van der Waals surface area contributed by atoms with Crippen LogP contribution >= 0.6 is 0 Å². The molecule has 0 radical (unpaired) electrons. The molecule has 4 nitrogen and oxygen atoms in total. The number of carbonyl (C=O) groups excluding carboxylic acids is 1. The molecule has 0 amide bonds. The second-order valence-electron chi connectivity index (χ2n) is 3.99. The van der Waals surface area contributed by atoms with Crippen LogP contribution in [0.2, 0.25) is 0 Å². The fourth-order valence-electron chi connectivity index (χ4n) is 1.69. The van der Waals surface area contributed by atoms with Crippen molar-refractivity contribution in [2.24, 2.45) is 7.05 Å². The van der Waals surface area contributed by atoms with Gasteiger partial charge in [-0.2, -0.15) is 5.10 Å². The van der Waals surface area contributed by atoms with Gasteiger partial charge in [-0.3, -0.25) is 9.48 Å². The molecule has 16 heavy (non-hydrogen) atoms. The third-order valence-electron chi connectivity index (χ3n) is 2.71. The molecule has 0 spiro atoms. The summed E-state index contributed by atoms with van der Waals surface area (Å²) in [5.41, 5.74) is 3.29. The van der Waals surface area contributed by atoms with Crippen molar-refractivity contribution in [3.05, 3.63) is 17.0 Å². The van der Waals surface area contributed by atoms with Crippen molar-refractivity contribution in [3.63, 3.8) is 0 Å². The average molecular weight is 224 g/mol. The molecular weight excluding hydrogens is 204 g/mol. The van der Waals surface area contributed by atoms with E-state index in [4.69, 9.17) is 4.74 Å². The number of nitrogens with zero attached hydrogens (tertiary/aromatic N) is 2. The summed E-state index contributed by atoms with van der Waals surface area (Å²) in [5.74, 6) is -0.121. The molecule has 0 aliphatic heterocycles. The monoisotopic (exact) mass is 224 g/mol. The largest absolute Gasteiger partial charge is 0.466 e. The van der Waals surface area contributed by atoms with Crippen molar-refractivity contribution in [1.29, 1.82) is 0 Å². The third-order valence-corrected chi connectivity index (χ3v) is 2.71. The number of rotatable bonds is 5. The first-order valence-electron chi connectivity index (χ1n) is 5.71. The zero-order valence-electron chi connectivity index (χ0n) is 10.5. The van der Waals surface area contributed by atoms with Crippen LogP contribution in [0, 0.1) is 13.8 Å². The summed E-state index contributed by atoms with van der Waals surface area (Å²) in [6.45, 7) is 6.50. The number of carbonyl (C=O) groups is 1. The van der Waals surface area contributed by atoms with E-state index in [2.05, 4.69) is 5.10 Å². The number of aromatic nitrogens is 2. The number of aryl methyl sites for hydroxylation is 2. The Bertz CT molecular complexity index is 369. The Kier molecular flexibility index (Phi) is 4.52. The third kappa shape index (κ3) is 3.08. The topological polar surface area (TPSA) is 44.1 Å². The Morgan fingerprint density at radius 1 is 1.44 bits per heavy atom. The summed E-state index contributed by atoms with van der Waals surface area (Å²) in [5, 5.41) is 4.32. The number of esters is 1. The Balaban J connectivity index is 2.51. The van der Waals surface area contributed by atoms with Crippen molar-refractivity contribution in [2.45, 2.75) is 40.0 Å². The molecule has 0 aromatic carbocycles. The van der Waals surface area contributed by atoms with E-state index in [9.17, 15) is 4.79 Å². The smallest absolute Gasteiger partial charge is 0.306 e. The SMILES string of the molecule is CCCOC(=O)CCc1c(C)nn(C)c1C. The average Bonchev–Trinajstić information content (AvgIpc) is 2.48. The maximum Gasteiger partial charge on any atom is 0.306 e. The van der Waals surface area contributed by atoms with Gasteiger partial charge in [0.1, 0.15) is 0 Å². The molecule has 0 aliphatic rings. The van der Waals surface area contributed by atoms with E-state index in [1.807, 2.05) is 32.5 Å². The van der Waals surface area contributed by atoms with Crippen molar-refractivity contribution in [3.8, 4) is 0 Å². The first-order chi connectivity index (χ1) is 7.56. The van der Waals surface area contributed by atoms with Crippen LogP contribution in [0.1, 0.15) is 36.7 Å². The van der Waals surface area contributed by atoms with E-state index < -0.39 is 0 Å². The number of ether oxygens (including phenoxy) is 1. The highest BCUT2D eigenvalue weighted by Crippen LogP contribution is 2.14. The molecule has 90 valence electrons. The van der Waals surface area contributed by atoms with Gasteiger partial charge in [0.05, 0.1) is 12.3 Å². The molecule has 0 saturated heterocycles. The molecule has 0 N–H and O–H groups in total. The summed E-state index contributed by atoms with van der Waals surface area (Å²) in [6, 6.07) is 0. The molecule has 4 heteroatoms. The van der Waals surface area contributed by atoms with E-state index >= 15 is 0 Å². The Morgan fingerprint density at radius 3 is 2.62 bits per heavy atom. The van der Waals surface area contributed by atoms with Crippen LogP contribution in [-0.4, -0.2) is 22.4 Å². The van der Waals surface area contributed by atoms with Crippen molar-refractivity contribution < 1.29 is 9.53 Å². The Morgan fingerprint density at radius 2 is 2.12 bits per heavy atom. The molecule has 0 aliphatic carbocycles. The van der Waals surface area contributed by atoms with Crippen LogP contribution in [0.4, 0.5) is 0 Å². The number of hydrogen-bond donors (Lipinski definition) is 0. The van der Waals surface area contributed by atoms with Gasteiger partial charge >= 0.3 is 5.97 Å². The van der Waals surface area contributed by atoms with Gasteiger partial charge in [-0.25, -0.2) is 0 Å². The summed E-state index contributed by atoms with van der Waals surface area (Å²) in [6.07, 6.45) is 2.03. The normalized spacial score (nSPS) is 10.5. The predicted molar refractivity (Wildman–Crippen MR) is 62.3 cm³/mol. The van der Waals surface area contributed by atoms with Crippen LogP contribution < -0.4 is 0 Å². The first-order valence-corrected chi connectivity index (χ1v) is 5.71. The van der Waals surface area contributed by atoms with E-state index in [1.54, 1.807) is 0 Å². The van der Waals surface area contributed by atoms with Crippen LogP contribution in [0.5, 0.6) is 0 Å². The summed E-state index contributed by atoms with van der Waals surface area (Å²) in [7, 11) is 1.92. The van der Waals surface area contributed by atoms with Gasteiger partial charge < -0.3 is 4.74 Å². The summed E-state index contributed by atoms with van der Waals surface area (Å²) in [4.78, 5) is 11.4. The maximum atomic E-state index is 11.4. The molecule has 0 bridgehead atoms. The van der Waals surface area contributed by atoms with E-state index in [1.165, 1.54) is 0 Å². The highest BCUT2D eigenvalue weighted by atomic mass is 16.5. The lowest BCUT2D eigenvalue weighted by molar-refractivity contribution is -0.143. The van der Waals surface area contributed by atoms with Gasteiger partial charge in [0.2, 0.25) is 0 Å². The van der Waals surface area contributed by atoms with Crippen LogP contribution in [-0.2, 0) is 23.0 Å². The predicted octanol–water partition coefficient (Wildman–Crippen LogP) is 1.92. The molecule has 0 fully saturated rings. The fourth-order valence-corrected chi connectivity index (χ4v) is 1.69. The molecule has 0 unspecified atom stereocenters. The van der Waals surface area contributed by atoms with E-state index in [-0.39, 0.29) is 5.97 Å². The second kappa shape index (κ2) is 5.68. The van der Waals surface area contributed by atoms with Crippen molar-refractivity contribution >= 4 is 5.97 Å². The van der Waals surface area contributed by atoms with Gasteiger partial charge in [-0.15, -0.1) is 0 Å². The minimum atomic E-state index is -0.121. The molecular formula is C12H20N2O2. The van der Waals surface area contributed by atoms with Crippen molar-refractivity contribution in [1.82, 2.24) is 9.78 Å². The standard InChI is InChI=1S/C12H20N2O2/c1-5-8-16-12(15)7-6-11-9(2)13-14(4)10(11)3/h5-8H2,1-4H3. The van der Waals surface area contributed by atoms with Crippen LogP contribution in [0.15, 0.2) is 0 Å². The van der Waals surface area contributed by atoms with Crippen LogP contribution in [0.25, 0.3) is 0 Å². The van der Waals surface area contributed by atoms with Gasteiger partial charge in [0, 0.05) is 19.2 Å². The van der Waals surface area contributed by atoms with E-state index in [0.717, 1.165) is 23.4 Å². The summed E-state index contributed by atoms with van der Waals surface area (Å²) < 4.78 is 6.88. The Labute approximate surface area is 96.6 Å². The Hall–Kier alpha value is -1.32. The fraction of sp³-hybridized carbons (Fsp3) is 0.667. The zero-order chi connectivity index (χ0) is 12.1. The molecule has 1 aromatic heterocycles. The van der Waals surface area contributed by atoms with Crippen LogP contribution in [0.3, 0.4) is 0 Å². The lowest BCUT2D eigenvalue weighted by Gasteiger charge is -2.03.